The predicted molar refractivity (Wildman–Crippen MR) is 128 cm³/mol. The van der Waals surface area contributed by atoms with E-state index in [0.717, 1.165) is 22.1 Å². The average Bonchev–Trinajstić information content (AvgIpc) is 2.84. The van der Waals surface area contributed by atoms with Gasteiger partial charge in [0, 0.05) is 23.9 Å². The lowest BCUT2D eigenvalue weighted by Crippen LogP contribution is -2.47. The first-order valence-corrected chi connectivity index (χ1v) is 10.8. The molecule has 7 heteroatoms. The fourth-order valence-electron chi connectivity index (χ4n) is 3.67. The summed E-state index contributed by atoms with van der Waals surface area (Å²) in [4.78, 5) is 36.4. The largest absolute Gasteiger partial charge is 0.481 e. The second kappa shape index (κ2) is 10.0. The van der Waals surface area contributed by atoms with Crippen LogP contribution in [0.1, 0.15) is 12.5 Å². The van der Waals surface area contributed by atoms with Crippen molar-refractivity contribution in [3.05, 3.63) is 101 Å². The van der Waals surface area contributed by atoms with Crippen LogP contribution in [0.2, 0.25) is 0 Å². The van der Waals surface area contributed by atoms with Gasteiger partial charge >= 0.3 is 11.6 Å². The van der Waals surface area contributed by atoms with Crippen LogP contribution in [-0.4, -0.2) is 29.1 Å². The Balaban J connectivity index is 1.51. The molecule has 3 aromatic carbocycles. The Kier molecular flexibility index (Phi) is 6.73. The second-order valence-electron chi connectivity index (χ2n) is 7.85. The maximum absolute atomic E-state index is 12.6. The first-order chi connectivity index (χ1) is 16.4. The minimum absolute atomic E-state index is 0.151. The molecule has 2 N–H and O–H groups in total. The molecule has 34 heavy (non-hydrogen) atoms. The van der Waals surface area contributed by atoms with Gasteiger partial charge in [-0.2, -0.15) is 0 Å². The highest BCUT2D eigenvalue weighted by atomic mass is 16.5. The molecule has 2 atom stereocenters. The Morgan fingerprint density at radius 3 is 2.32 bits per heavy atom. The van der Waals surface area contributed by atoms with Gasteiger partial charge in [0.15, 0.2) is 6.10 Å². The molecule has 0 aliphatic heterocycles. The molecule has 0 saturated heterocycles. The number of carbonyl (C=O) groups excluding carboxylic acids is 1. The van der Waals surface area contributed by atoms with Crippen molar-refractivity contribution in [3.63, 3.8) is 0 Å². The van der Waals surface area contributed by atoms with Crippen molar-refractivity contribution in [3.8, 4) is 16.9 Å². The van der Waals surface area contributed by atoms with E-state index in [1.165, 1.54) is 13.0 Å². The van der Waals surface area contributed by atoms with Gasteiger partial charge in [0.1, 0.15) is 17.4 Å². The first kappa shape index (κ1) is 22.8. The molecule has 0 bridgehead atoms. The summed E-state index contributed by atoms with van der Waals surface area (Å²) in [6.45, 7) is 1.53. The zero-order valence-corrected chi connectivity index (χ0v) is 18.4. The Morgan fingerprint density at radius 1 is 0.971 bits per heavy atom. The van der Waals surface area contributed by atoms with Gasteiger partial charge in [-0.15, -0.1) is 0 Å². The van der Waals surface area contributed by atoms with E-state index in [4.69, 9.17) is 9.15 Å². The Hall–Kier alpha value is -4.39. The Labute approximate surface area is 195 Å². The fourth-order valence-corrected chi connectivity index (χ4v) is 3.67. The van der Waals surface area contributed by atoms with E-state index >= 15 is 0 Å². The average molecular weight is 457 g/mol. The van der Waals surface area contributed by atoms with Gasteiger partial charge in [0.25, 0.3) is 5.91 Å². The zero-order valence-electron chi connectivity index (χ0n) is 18.4. The van der Waals surface area contributed by atoms with Gasteiger partial charge in [-0.05, 0) is 35.7 Å². The van der Waals surface area contributed by atoms with Crippen LogP contribution in [0.15, 0.2) is 94.1 Å². The van der Waals surface area contributed by atoms with Crippen LogP contribution in [0, 0.1) is 0 Å². The Bertz CT molecular complexity index is 1360. The van der Waals surface area contributed by atoms with Crippen molar-refractivity contribution in [1.29, 1.82) is 0 Å². The molecular formula is C27H23NO6. The maximum atomic E-state index is 12.6. The minimum Gasteiger partial charge on any atom is -0.481 e. The van der Waals surface area contributed by atoms with Crippen molar-refractivity contribution in [2.45, 2.75) is 25.5 Å². The molecule has 4 rings (SSSR count). The molecule has 0 aliphatic rings. The van der Waals surface area contributed by atoms with E-state index in [2.05, 4.69) is 5.32 Å². The molecule has 0 unspecified atom stereocenters. The summed E-state index contributed by atoms with van der Waals surface area (Å²) >= 11 is 0. The molecule has 0 aliphatic carbocycles. The summed E-state index contributed by atoms with van der Waals surface area (Å²) < 4.78 is 11.1. The van der Waals surface area contributed by atoms with Crippen molar-refractivity contribution < 1.29 is 23.8 Å². The fraction of sp³-hybridized carbons (Fsp3) is 0.148. The van der Waals surface area contributed by atoms with Gasteiger partial charge in [-0.1, -0.05) is 60.7 Å². The monoisotopic (exact) mass is 457 g/mol. The highest BCUT2D eigenvalue weighted by Crippen LogP contribution is 2.29. The van der Waals surface area contributed by atoms with Crippen molar-refractivity contribution in [2.75, 3.05) is 0 Å². The van der Waals surface area contributed by atoms with Crippen LogP contribution in [0.3, 0.4) is 0 Å². The number of carboxylic acids is 1. The van der Waals surface area contributed by atoms with Gasteiger partial charge in [-0.3, -0.25) is 4.79 Å². The van der Waals surface area contributed by atoms with Gasteiger partial charge in [-0.25, -0.2) is 9.59 Å². The summed E-state index contributed by atoms with van der Waals surface area (Å²) in [7, 11) is 0. The third-order valence-electron chi connectivity index (χ3n) is 5.38. The third-order valence-corrected chi connectivity index (χ3v) is 5.38. The normalized spacial score (nSPS) is 12.6. The van der Waals surface area contributed by atoms with Crippen LogP contribution in [0.4, 0.5) is 0 Å². The quantitative estimate of drug-likeness (QED) is 0.387. The van der Waals surface area contributed by atoms with E-state index in [1.807, 2.05) is 48.5 Å². The number of rotatable bonds is 8. The number of benzene rings is 3. The van der Waals surface area contributed by atoms with Crippen molar-refractivity contribution in [2.24, 2.45) is 0 Å². The number of fused-ring (bicyclic) bond motifs is 1. The summed E-state index contributed by atoms with van der Waals surface area (Å²) in [6.07, 6.45) is -0.822. The second-order valence-corrected chi connectivity index (χ2v) is 7.85. The highest BCUT2D eigenvalue weighted by molar-refractivity contribution is 5.94. The standard InChI is InChI=1S/C27H23NO6/c1-17(26(30)28-23(27(31)32)14-18-8-4-2-5-9-18)33-20-12-13-21-22(19-10-6-3-7-11-19)16-25(29)34-24(21)15-20/h2-13,15-17,23H,14H2,1H3,(H,28,30)(H,31,32)/t17-,23-/m1/s1. The number of carboxylic acid groups (broad SMARTS) is 1. The molecule has 0 radical (unpaired) electrons. The number of carbonyl (C=O) groups is 2. The number of nitrogens with one attached hydrogen (secondary N) is 1. The SMILES string of the molecule is C[C@@H](Oc1ccc2c(-c3ccccc3)cc(=O)oc2c1)C(=O)N[C@H](Cc1ccccc1)C(=O)O. The van der Waals surface area contributed by atoms with E-state index < -0.39 is 29.6 Å². The lowest BCUT2D eigenvalue weighted by Gasteiger charge is -2.19. The number of amides is 1. The van der Waals surface area contributed by atoms with E-state index in [-0.39, 0.29) is 6.42 Å². The minimum atomic E-state index is -1.13. The smallest absolute Gasteiger partial charge is 0.336 e. The van der Waals surface area contributed by atoms with Gasteiger partial charge in [0.2, 0.25) is 0 Å². The van der Waals surface area contributed by atoms with Crippen LogP contribution in [0.5, 0.6) is 5.75 Å². The van der Waals surface area contributed by atoms with E-state index in [0.29, 0.717) is 11.3 Å². The lowest BCUT2D eigenvalue weighted by molar-refractivity contribution is -0.142. The first-order valence-electron chi connectivity index (χ1n) is 10.8. The molecule has 172 valence electrons. The molecule has 1 aromatic heterocycles. The van der Waals surface area contributed by atoms with Gasteiger partial charge < -0.3 is 19.6 Å². The molecule has 0 spiro atoms. The van der Waals surface area contributed by atoms with Gasteiger partial charge in [0.05, 0.1) is 0 Å². The third kappa shape index (κ3) is 5.32. The van der Waals surface area contributed by atoms with Crippen molar-refractivity contribution >= 4 is 22.8 Å². The molecule has 0 fully saturated rings. The number of hydrogen-bond acceptors (Lipinski definition) is 5. The summed E-state index contributed by atoms with van der Waals surface area (Å²) in [5.74, 6) is -1.38. The van der Waals surface area contributed by atoms with E-state index in [9.17, 15) is 19.5 Å². The molecule has 1 amide bonds. The molecule has 1 heterocycles. The molecule has 0 saturated carbocycles. The van der Waals surface area contributed by atoms with Crippen LogP contribution in [0.25, 0.3) is 22.1 Å². The molecule has 7 nitrogen and oxygen atoms in total. The Morgan fingerprint density at radius 2 is 1.65 bits per heavy atom. The number of aliphatic carboxylic acids is 1. The maximum Gasteiger partial charge on any atom is 0.336 e. The summed E-state index contributed by atoms with van der Waals surface area (Å²) in [6, 6.07) is 23.8. The lowest BCUT2D eigenvalue weighted by atomic mass is 10.0. The van der Waals surface area contributed by atoms with Crippen LogP contribution in [-0.2, 0) is 16.0 Å². The molecular weight excluding hydrogens is 434 g/mol. The van der Waals surface area contributed by atoms with Crippen molar-refractivity contribution in [1.82, 2.24) is 5.32 Å². The summed E-state index contributed by atoms with van der Waals surface area (Å²) in [5.41, 5.74) is 2.22. The highest BCUT2D eigenvalue weighted by Gasteiger charge is 2.24. The summed E-state index contributed by atoms with van der Waals surface area (Å²) in [5, 5.41) is 12.8. The number of ether oxygens (including phenoxy) is 1. The topological polar surface area (TPSA) is 106 Å². The zero-order chi connectivity index (χ0) is 24.1. The predicted octanol–water partition coefficient (Wildman–Crippen LogP) is 4.04. The van der Waals surface area contributed by atoms with Crippen LogP contribution >= 0.6 is 0 Å². The van der Waals surface area contributed by atoms with Crippen LogP contribution < -0.4 is 15.7 Å². The number of hydrogen-bond donors (Lipinski definition) is 2. The molecule has 4 aromatic rings. The van der Waals surface area contributed by atoms with E-state index in [1.54, 1.807) is 30.3 Å².